The van der Waals surface area contributed by atoms with Crippen molar-refractivity contribution < 1.29 is 18.3 Å². The van der Waals surface area contributed by atoms with Crippen LogP contribution in [0.3, 0.4) is 0 Å². The largest absolute Gasteiger partial charge is 0.480 e. The molecule has 2 N–H and O–H groups in total. The van der Waals surface area contributed by atoms with Crippen LogP contribution in [0.25, 0.3) is 0 Å². The number of carboxylic acid groups (broad SMARTS) is 1. The van der Waals surface area contributed by atoms with Gasteiger partial charge in [0.1, 0.15) is 6.54 Å². The zero-order valence-corrected chi connectivity index (χ0v) is 12.5. The van der Waals surface area contributed by atoms with Crippen LogP contribution in [0.15, 0.2) is 35.5 Å². The molecule has 21 heavy (non-hydrogen) atoms. The van der Waals surface area contributed by atoms with Gasteiger partial charge in [-0.15, -0.1) is 0 Å². The van der Waals surface area contributed by atoms with Gasteiger partial charge in [-0.25, -0.2) is 8.42 Å². The highest BCUT2D eigenvalue weighted by Gasteiger charge is 2.18. The number of aryl methyl sites for hydroxylation is 1. The average molecular weight is 330 g/mol. The van der Waals surface area contributed by atoms with E-state index in [0.717, 1.165) is 4.68 Å². The number of halogens is 1. The summed E-state index contributed by atoms with van der Waals surface area (Å²) in [5, 5.41) is 12.8. The summed E-state index contributed by atoms with van der Waals surface area (Å²) in [4.78, 5) is 10.6. The van der Waals surface area contributed by atoms with Crippen molar-refractivity contribution in [3.63, 3.8) is 0 Å². The van der Waals surface area contributed by atoms with Crippen molar-refractivity contribution in [3.8, 4) is 0 Å². The zero-order valence-electron chi connectivity index (χ0n) is 10.9. The van der Waals surface area contributed by atoms with Crippen LogP contribution < -0.4 is 4.72 Å². The van der Waals surface area contributed by atoms with E-state index >= 15 is 0 Å². The molecule has 0 aliphatic rings. The number of hydrogen-bond donors (Lipinski definition) is 2. The van der Waals surface area contributed by atoms with Crippen molar-refractivity contribution in [2.45, 2.75) is 18.4 Å². The molecular formula is C12H12ClN3O4S. The molecule has 7 nitrogen and oxygen atoms in total. The Labute approximate surface area is 126 Å². The van der Waals surface area contributed by atoms with Crippen molar-refractivity contribution in [2.24, 2.45) is 0 Å². The lowest BCUT2D eigenvalue weighted by atomic mass is 10.2. The fourth-order valence-electron chi connectivity index (χ4n) is 1.77. The van der Waals surface area contributed by atoms with Crippen LogP contribution in [-0.4, -0.2) is 29.3 Å². The van der Waals surface area contributed by atoms with Crippen molar-refractivity contribution >= 4 is 33.3 Å². The molecule has 0 bridgehead atoms. The molecule has 1 aromatic carbocycles. The van der Waals surface area contributed by atoms with Crippen molar-refractivity contribution in [1.82, 2.24) is 9.78 Å². The van der Waals surface area contributed by atoms with Crippen LogP contribution in [0.4, 0.5) is 5.69 Å². The second kappa shape index (κ2) is 5.74. The van der Waals surface area contributed by atoms with E-state index in [0.29, 0.717) is 10.6 Å². The van der Waals surface area contributed by atoms with E-state index in [2.05, 4.69) is 9.82 Å². The van der Waals surface area contributed by atoms with Crippen molar-refractivity contribution in [2.75, 3.05) is 4.72 Å². The summed E-state index contributed by atoms with van der Waals surface area (Å²) in [5.41, 5.74) is 0.693. The highest BCUT2D eigenvalue weighted by Crippen LogP contribution is 2.22. The molecule has 0 aliphatic heterocycles. The number of rotatable bonds is 5. The van der Waals surface area contributed by atoms with Crippen LogP contribution in [-0.2, 0) is 21.4 Å². The second-order valence-electron chi connectivity index (χ2n) is 4.34. The number of sulfonamides is 1. The normalized spacial score (nSPS) is 11.3. The first-order valence-corrected chi connectivity index (χ1v) is 7.67. The molecule has 0 aliphatic carbocycles. The SMILES string of the molecule is Cc1cc(Cl)ccc1S(=O)(=O)Nc1cnn(CC(=O)O)c1. The summed E-state index contributed by atoms with van der Waals surface area (Å²) in [5.74, 6) is -1.07. The maximum absolute atomic E-state index is 12.3. The number of aromatic nitrogens is 2. The molecule has 2 aromatic rings. The molecule has 0 radical (unpaired) electrons. The van der Waals surface area contributed by atoms with Gasteiger partial charge in [-0.3, -0.25) is 14.2 Å². The van der Waals surface area contributed by atoms with Gasteiger partial charge in [0.25, 0.3) is 10.0 Å². The van der Waals surface area contributed by atoms with Crippen LogP contribution in [0.2, 0.25) is 5.02 Å². The van der Waals surface area contributed by atoms with Crippen LogP contribution in [0.1, 0.15) is 5.56 Å². The molecule has 0 amide bonds. The molecule has 1 heterocycles. The number of aliphatic carboxylic acids is 1. The summed E-state index contributed by atoms with van der Waals surface area (Å²) in [6.45, 7) is 1.29. The zero-order chi connectivity index (χ0) is 15.6. The van der Waals surface area contributed by atoms with E-state index < -0.39 is 16.0 Å². The molecule has 0 fully saturated rings. The van der Waals surface area contributed by atoms with Crippen LogP contribution in [0, 0.1) is 6.92 Å². The predicted octanol–water partition coefficient (Wildman–Crippen LogP) is 1.73. The molecule has 0 spiro atoms. The number of nitrogens with one attached hydrogen (secondary N) is 1. The molecule has 9 heteroatoms. The Bertz CT molecular complexity index is 786. The Morgan fingerprint density at radius 3 is 2.81 bits per heavy atom. The third-order valence-electron chi connectivity index (χ3n) is 2.61. The fourth-order valence-corrected chi connectivity index (χ4v) is 3.25. The summed E-state index contributed by atoms with van der Waals surface area (Å²) in [6, 6.07) is 4.43. The van der Waals surface area contributed by atoms with Gasteiger partial charge in [0.2, 0.25) is 0 Å². The number of carbonyl (C=O) groups is 1. The monoisotopic (exact) mass is 329 g/mol. The molecule has 2 rings (SSSR count). The minimum atomic E-state index is -3.79. The highest BCUT2D eigenvalue weighted by atomic mass is 35.5. The maximum atomic E-state index is 12.3. The molecule has 0 unspecified atom stereocenters. The van der Waals surface area contributed by atoms with Gasteiger partial charge in [0, 0.05) is 11.2 Å². The number of benzene rings is 1. The molecule has 1 aromatic heterocycles. The number of hydrogen-bond acceptors (Lipinski definition) is 4. The first-order valence-electron chi connectivity index (χ1n) is 5.81. The van der Waals surface area contributed by atoms with Gasteiger partial charge in [-0.2, -0.15) is 5.10 Å². The van der Waals surface area contributed by atoms with Gasteiger partial charge < -0.3 is 5.11 Å². The van der Waals surface area contributed by atoms with E-state index in [1.165, 1.54) is 24.5 Å². The van der Waals surface area contributed by atoms with Crippen molar-refractivity contribution in [3.05, 3.63) is 41.2 Å². The Kier molecular flexibility index (Phi) is 4.19. The van der Waals surface area contributed by atoms with Gasteiger partial charge in [-0.1, -0.05) is 11.6 Å². The van der Waals surface area contributed by atoms with E-state index in [-0.39, 0.29) is 17.1 Å². The molecule has 0 atom stereocenters. The Morgan fingerprint density at radius 1 is 1.48 bits per heavy atom. The molecule has 112 valence electrons. The lowest BCUT2D eigenvalue weighted by Crippen LogP contribution is -2.14. The third-order valence-corrected chi connectivity index (χ3v) is 4.39. The molecule has 0 saturated heterocycles. The Balaban J connectivity index is 2.25. The predicted molar refractivity (Wildman–Crippen MR) is 76.9 cm³/mol. The lowest BCUT2D eigenvalue weighted by Gasteiger charge is -2.08. The van der Waals surface area contributed by atoms with E-state index in [1.54, 1.807) is 13.0 Å². The third kappa shape index (κ3) is 3.73. The Morgan fingerprint density at radius 2 is 2.19 bits per heavy atom. The van der Waals surface area contributed by atoms with Gasteiger partial charge in [0.05, 0.1) is 16.8 Å². The standard InChI is InChI=1S/C12H12ClN3O4S/c1-8-4-9(13)2-3-11(8)21(19,20)15-10-5-14-16(6-10)7-12(17)18/h2-6,15H,7H2,1H3,(H,17,18). The maximum Gasteiger partial charge on any atom is 0.325 e. The van der Waals surface area contributed by atoms with Gasteiger partial charge in [0.15, 0.2) is 0 Å². The van der Waals surface area contributed by atoms with E-state index in [9.17, 15) is 13.2 Å². The topological polar surface area (TPSA) is 101 Å². The highest BCUT2D eigenvalue weighted by molar-refractivity contribution is 7.92. The number of carboxylic acids is 1. The summed E-state index contributed by atoms with van der Waals surface area (Å²) in [6.07, 6.45) is 2.54. The van der Waals surface area contributed by atoms with Gasteiger partial charge >= 0.3 is 5.97 Å². The van der Waals surface area contributed by atoms with Crippen LogP contribution >= 0.6 is 11.6 Å². The first kappa shape index (κ1) is 15.3. The van der Waals surface area contributed by atoms with Gasteiger partial charge in [-0.05, 0) is 30.7 Å². The minimum Gasteiger partial charge on any atom is -0.480 e. The minimum absolute atomic E-state index is 0.0953. The fraction of sp³-hybridized carbons (Fsp3) is 0.167. The van der Waals surface area contributed by atoms with E-state index in [1.807, 2.05) is 0 Å². The van der Waals surface area contributed by atoms with Crippen LogP contribution in [0.5, 0.6) is 0 Å². The summed E-state index contributed by atoms with van der Waals surface area (Å²) < 4.78 is 28.0. The second-order valence-corrected chi connectivity index (χ2v) is 6.42. The van der Waals surface area contributed by atoms with Crippen molar-refractivity contribution in [1.29, 1.82) is 0 Å². The number of nitrogens with zero attached hydrogens (tertiary/aromatic N) is 2. The number of anilines is 1. The first-order chi connectivity index (χ1) is 9.78. The molecule has 0 saturated carbocycles. The summed E-state index contributed by atoms with van der Waals surface area (Å²) >= 11 is 5.79. The Hall–Kier alpha value is -2.06. The summed E-state index contributed by atoms with van der Waals surface area (Å²) in [7, 11) is -3.79. The lowest BCUT2D eigenvalue weighted by molar-refractivity contribution is -0.137. The smallest absolute Gasteiger partial charge is 0.325 e. The quantitative estimate of drug-likeness (QED) is 0.869. The average Bonchev–Trinajstić information content (AvgIpc) is 2.73. The van der Waals surface area contributed by atoms with E-state index in [4.69, 9.17) is 16.7 Å². The molecular weight excluding hydrogens is 318 g/mol.